The Balaban J connectivity index is 3.34. The lowest BCUT2D eigenvalue weighted by Crippen LogP contribution is -1.93. The van der Waals surface area contributed by atoms with Crippen molar-refractivity contribution in [2.24, 2.45) is 0 Å². The van der Waals surface area contributed by atoms with Crippen LogP contribution in [-0.2, 0) is 0 Å². The minimum atomic E-state index is -0.618. The summed E-state index contributed by atoms with van der Waals surface area (Å²) in [6.07, 6.45) is 0. The lowest BCUT2D eigenvalue weighted by molar-refractivity contribution is 0.108. The van der Waals surface area contributed by atoms with Crippen molar-refractivity contribution < 1.29 is 4.79 Å². The Morgan fingerprint density at radius 3 is 2.75 bits per heavy atom. The number of nitrogens with zero attached hydrogens (tertiary/aromatic N) is 1. The Hall–Kier alpha value is -0.850. The summed E-state index contributed by atoms with van der Waals surface area (Å²) < 4.78 is 0.727. The van der Waals surface area contributed by atoms with E-state index in [4.69, 9.17) is 16.9 Å². The van der Waals surface area contributed by atoms with Gasteiger partial charge in [0.1, 0.15) is 0 Å². The minimum Gasteiger partial charge on any atom is -0.276 e. The van der Waals surface area contributed by atoms with Crippen LogP contribution in [0.1, 0.15) is 15.9 Å². The maximum Gasteiger partial charge on any atom is 0.253 e. The number of carbonyl (C=O) groups is 1. The largest absolute Gasteiger partial charge is 0.276 e. The van der Waals surface area contributed by atoms with Crippen molar-refractivity contribution in [2.45, 2.75) is 0 Å². The third kappa shape index (κ3) is 1.84. The van der Waals surface area contributed by atoms with Gasteiger partial charge in [-0.05, 0) is 29.8 Å². The highest BCUT2D eigenvalue weighted by Gasteiger charge is 2.08. The Kier molecular flexibility index (Phi) is 2.85. The first-order chi connectivity index (χ1) is 5.65. The third-order valence-electron chi connectivity index (χ3n) is 1.31. The number of rotatable bonds is 1. The van der Waals surface area contributed by atoms with Gasteiger partial charge < -0.3 is 0 Å². The zero-order chi connectivity index (χ0) is 9.14. The predicted octanol–water partition coefficient (Wildman–Crippen LogP) is 2.70. The number of halogens is 2. The molecule has 0 N–H and O–H groups in total. The van der Waals surface area contributed by atoms with Crippen LogP contribution in [0.25, 0.3) is 0 Å². The molecule has 0 heterocycles. The first-order valence-corrected chi connectivity index (χ1v) is 4.21. The molecule has 0 bridgehead atoms. The number of benzene rings is 1. The van der Waals surface area contributed by atoms with Crippen LogP contribution in [0.15, 0.2) is 22.7 Å². The summed E-state index contributed by atoms with van der Waals surface area (Å²) in [7, 11) is 0. The van der Waals surface area contributed by atoms with Gasteiger partial charge in [0, 0.05) is 4.47 Å². The van der Waals surface area contributed by atoms with Crippen molar-refractivity contribution in [3.8, 4) is 6.07 Å². The molecule has 0 saturated heterocycles. The van der Waals surface area contributed by atoms with E-state index in [1.165, 1.54) is 6.07 Å². The first-order valence-electron chi connectivity index (χ1n) is 3.04. The molecule has 0 saturated carbocycles. The summed E-state index contributed by atoms with van der Waals surface area (Å²) in [5, 5.41) is 7.96. The minimum absolute atomic E-state index is 0.230. The highest BCUT2D eigenvalue weighted by atomic mass is 79.9. The maximum atomic E-state index is 10.8. The maximum absolute atomic E-state index is 10.8. The molecule has 0 unspecified atom stereocenters. The van der Waals surface area contributed by atoms with Crippen molar-refractivity contribution in [3.63, 3.8) is 0 Å². The molecule has 0 amide bonds. The van der Waals surface area contributed by atoms with Gasteiger partial charge in [-0.3, -0.25) is 4.79 Å². The van der Waals surface area contributed by atoms with E-state index in [-0.39, 0.29) is 5.56 Å². The topological polar surface area (TPSA) is 40.9 Å². The van der Waals surface area contributed by atoms with Crippen LogP contribution in [0.4, 0.5) is 0 Å². The smallest absolute Gasteiger partial charge is 0.253 e. The van der Waals surface area contributed by atoms with E-state index in [0.29, 0.717) is 5.56 Å². The average molecular weight is 244 g/mol. The van der Waals surface area contributed by atoms with Gasteiger partial charge in [0.25, 0.3) is 5.24 Å². The van der Waals surface area contributed by atoms with E-state index in [1.807, 2.05) is 6.07 Å². The Morgan fingerprint density at radius 1 is 1.58 bits per heavy atom. The highest BCUT2D eigenvalue weighted by Crippen LogP contribution is 2.17. The zero-order valence-corrected chi connectivity index (χ0v) is 8.19. The van der Waals surface area contributed by atoms with Crippen LogP contribution in [0.2, 0.25) is 0 Å². The SMILES string of the molecule is N#Cc1ccc(Br)cc1C(=O)Cl. The second-order valence-electron chi connectivity index (χ2n) is 2.08. The molecule has 0 radical (unpaired) electrons. The van der Waals surface area contributed by atoms with E-state index in [2.05, 4.69) is 15.9 Å². The normalized spacial score (nSPS) is 9.08. The molecule has 0 fully saturated rings. The lowest BCUT2D eigenvalue weighted by Gasteiger charge is -1.97. The van der Waals surface area contributed by atoms with E-state index in [9.17, 15) is 4.79 Å². The molecular weight excluding hydrogens is 241 g/mol. The molecule has 1 aromatic rings. The summed E-state index contributed by atoms with van der Waals surface area (Å²) in [6.45, 7) is 0. The van der Waals surface area contributed by atoms with Crippen LogP contribution in [0.5, 0.6) is 0 Å². The highest BCUT2D eigenvalue weighted by molar-refractivity contribution is 9.10. The van der Waals surface area contributed by atoms with Gasteiger partial charge in [-0.2, -0.15) is 5.26 Å². The van der Waals surface area contributed by atoms with Gasteiger partial charge >= 0.3 is 0 Å². The molecular formula is C8H3BrClNO. The van der Waals surface area contributed by atoms with E-state index < -0.39 is 5.24 Å². The summed E-state index contributed by atoms with van der Waals surface area (Å²) in [6, 6.07) is 6.62. The van der Waals surface area contributed by atoms with Gasteiger partial charge in [-0.1, -0.05) is 15.9 Å². The molecule has 0 aliphatic rings. The number of hydrogen-bond acceptors (Lipinski definition) is 2. The molecule has 2 nitrogen and oxygen atoms in total. The number of hydrogen-bond donors (Lipinski definition) is 0. The second kappa shape index (κ2) is 3.70. The van der Waals surface area contributed by atoms with Crippen LogP contribution in [-0.4, -0.2) is 5.24 Å². The van der Waals surface area contributed by atoms with Gasteiger partial charge in [-0.15, -0.1) is 0 Å². The average Bonchev–Trinajstić information content (AvgIpc) is 2.04. The molecule has 0 aromatic heterocycles. The van der Waals surface area contributed by atoms with Crippen LogP contribution in [0.3, 0.4) is 0 Å². The van der Waals surface area contributed by atoms with Gasteiger partial charge in [0.15, 0.2) is 0 Å². The Labute approximate surface area is 82.9 Å². The Bertz CT molecular complexity index is 370. The van der Waals surface area contributed by atoms with E-state index >= 15 is 0 Å². The standard InChI is InChI=1S/C8H3BrClNO/c9-6-2-1-5(4-11)7(3-6)8(10)12/h1-3H. The summed E-state index contributed by atoms with van der Waals surface area (Å²) in [5.41, 5.74) is 0.520. The van der Waals surface area contributed by atoms with Crippen LogP contribution in [0, 0.1) is 11.3 Å². The fraction of sp³-hybridized carbons (Fsp3) is 0. The lowest BCUT2D eigenvalue weighted by atomic mass is 10.1. The first kappa shape index (κ1) is 9.24. The summed E-state index contributed by atoms with van der Waals surface area (Å²) in [4.78, 5) is 10.8. The van der Waals surface area contributed by atoms with Crippen LogP contribution < -0.4 is 0 Å². The quantitative estimate of drug-likeness (QED) is 0.713. The van der Waals surface area contributed by atoms with Crippen molar-refractivity contribution in [2.75, 3.05) is 0 Å². The van der Waals surface area contributed by atoms with Crippen molar-refractivity contribution >= 4 is 32.8 Å². The summed E-state index contributed by atoms with van der Waals surface area (Å²) in [5.74, 6) is 0. The van der Waals surface area contributed by atoms with Crippen molar-refractivity contribution in [1.82, 2.24) is 0 Å². The molecule has 4 heteroatoms. The molecule has 0 spiro atoms. The Morgan fingerprint density at radius 2 is 2.25 bits per heavy atom. The molecule has 12 heavy (non-hydrogen) atoms. The van der Waals surface area contributed by atoms with Crippen LogP contribution >= 0.6 is 27.5 Å². The molecule has 1 aromatic carbocycles. The predicted molar refractivity (Wildman–Crippen MR) is 49.0 cm³/mol. The van der Waals surface area contributed by atoms with E-state index in [1.54, 1.807) is 12.1 Å². The molecule has 0 atom stereocenters. The third-order valence-corrected chi connectivity index (χ3v) is 2.01. The monoisotopic (exact) mass is 243 g/mol. The van der Waals surface area contributed by atoms with Crippen molar-refractivity contribution in [3.05, 3.63) is 33.8 Å². The molecule has 0 aliphatic heterocycles. The fourth-order valence-electron chi connectivity index (χ4n) is 0.777. The number of nitriles is 1. The van der Waals surface area contributed by atoms with Gasteiger partial charge in [0.2, 0.25) is 0 Å². The second-order valence-corrected chi connectivity index (χ2v) is 3.33. The summed E-state index contributed by atoms with van der Waals surface area (Å²) >= 11 is 8.42. The molecule has 0 aliphatic carbocycles. The van der Waals surface area contributed by atoms with E-state index in [0.717, 1.165) is 4.47 Å². The zero-order valence-electron chi connectivity index (χ0n) is 5.84. The van der Waals surface area contributed by atoms with Gasteiger partial charge in [-0.25, -0.2) is 0 Å². The number of carbonyl (C=O) groups excluding carboxylic acids is 1. The molecule has 1 rings (SSSR count). The van der Waals surface area contributed by atoms with Gasteiger partial charge in [0.05, 0.1) is 17.2 Å². The fourth-order valence-corrected chi connectivity index (χ4v) is 1.29. The molecule has 60 valence electrons. The van der Waals surface area contributed by atoms with Crippen molar-refractivity contribution in [1.29, 1.82) is 5.26 Å².